The van der Waals surface area contributed by atoms with E-state index in [4.69, 9.17) is 23.7 Å². The van der Waals surface area contributed by atoms with E-state index in [0.29, 0.717) is 25.9 Å². The van der Waals surface area contributed by atoms with Crippen molar-refractivity contribution < 1.29 is 38.4 Å². The molecular formula is C37H63N3O8. The average Bonchev–Trinajstić information content (AvgIpc) is 3.03. The lowest BCUT2D eigenvalue weighted by molar-refractivity contribution is -0.295. The number of methoxy groups -OCH3 is 2. The fraction of sp³-hybridized carbons (Fsp3) is 0.784. The van der Waals surface area contributed by atoms with Crippen LogP contribution in [0.15, 0.2) is 24.3 Å². The maximum atomic E-state index is 14.3. The van der Waals surface area contributed by atoms with Gasteiger partial charge in [0.15, 0.2) is 12.1 Å². The number of hydrogen-bond donors (Lipinski definition) is 1. The molecule has 0 aliphatic carbocycles. The summed E-state index contributed by atoms with van der Waals surface area (Å²) in [5.74, 6) is -0.680. The van der Waals surface area contributed by atoms with Gasteiger partial charge in [-0.05, 0) is 105 Å². The Morgan fingerprint density at radius 2 is 1.69 bits per heavy atom. The number of benzene rings is 1. The fourth-order valence-corrected chi connectivity index (χ4v) is 7.36. The second-order valence-corrected chi connectivity index (χ2v) is 15.1. The average molecular weight is 678 g/mol. The molecule has 2 aliphatic rings. The molecule has 2 heterocycles. The molecule has 0 unspecified atom stereocenters. The molecule has 2 fully saturated rings. The van der Waals surface area contributed by atoms with Crippen LogP contribution in [0.3, 0.4) is 0 Å². The van der Waals surface area contributed by atoms with Gasteiger partial charge in [-0.15, -0.1) is 0 Å². The van der Waals surface area contributed by atoms with Crippen LogP contribution in [-0.4, -0.2) is 136 Å². The molecule has 1 aromatic carbocycles. The van der Waals surface area contributed by atoms with Gasteiger partial charge in [-0.1, -0.05) is 26.0 Å². The van der Waals surface area contributed by atoms with Gasteiger partial charge in [0, 0.05) is 38.7 Å². The van der Waals surface area contributed by atoms with Crippen molar-refractivity contribution in [2.75, 3.05) is 68.1 Å². The monoisotopic (exact) mass is 677 g/mol. The summed E-state index contributed by atoms with van der Waals surface area (Å²) in [6.07, 6.45) is -0.735. The van der Waals surface area contributed by atoms with Crippen LogP contribution in [-0.2, 0) is 35.1 Å². The van der Waals surface area contributed by atoms with E-state index in [1.54, 1.807) is 35.0 Å². The normalized spacial score (nSPS) is 34.1. The Hall–Kier alpha value is -2.12. The fourth-order valence-electron chi connectivity index (χ4n) is 7.36. The number of aliphatic hydroxyl groups excluding tert-OH is 1. The summed E-state index contributed by atoms with van der Waals surface area (Å²) in [5.41, 5.74) is -1.24. The Kier molecular flexibility index (Phi) is 14.9. The number of cyclic esters (lactones) is 1. The predicted molar refractivity (Wildman–Crippen MR) is 186 cm³/mol. The Labute approximate surface area is 289 Å². The van der Waals surface area contributed by atoms with Crippen molar-refractivity contribution in [3.63, 3.8) is 0 Å². The number of nitrogens with zero attached hydrogens (tertiary/aromatic N) is 3. The molecule has 0 radical (unpaired) electrons. The van der Waals surface area contributed by atoms with Gasteiger partial charge in [-0.3, -0.25) is 14.5 Å². The van der Waals surface area contributed by atoms with E-state index >= 15 is 0 Å². The van der Waals surface area contributed by atoms with Gasteiger partial charge in [0.1, 0.15) is 23.9 Å². The summed E-state index contributed by atoms with van der Waals surface area (Å²) in [6, 6.07) is 7.82. The number of rotatable bonds is 7. The van der Waals surface area contributed by atoms with Crippen LogP contribution in [0.4, 0.5) is 0 Å². The predicted octanol–water partition coefficient (Wildman–Crippen LogP) is 3.85. The molecule has 274 valence electrons. The molecule has 11 nitrogen and oxygen atoms in total. The number of carbonyl (C=O) groups is 2. The minimum absolute atomic E-state index is 0.161. The number of Topliss-reactive ketones (excluding diaryl/α,β-unsaturated/α-hetero) is 1. The molecular weight excluding hydrogens is 614 g/mol. The lowest BCUT2D eigenvalue weighted by Gasteiger charge is -2.47. The van der Waals surface area contributed by atoms with E-state index < -0.39 is 41.4 Å². The summed E-state index contributed by atoms with van der Waals surface area (Å²) in [7, 11) is 9.26. The molecule has 0 amide bonds. The van der Waals surface area contributed by atoms with E-state index in [9.17, 15) is 14.7 Å². The molecule has 3 rings (SSSR count). The van der Waals surface area contributed by atoms with E-state index in [0.717, 1.165) is 37.4 Å². The number of likely N-dealkylation sites (N-methyl/N-ethyl adjacent to an activating group) is 1. The number of aliphatic hydroxyl groups is 1. The van der Waals surface area contributed by atoms with Gasteiger partial charge in [0.25, 0.3) is 0 Å². The van der Waals surface area contributed by atoms with E-state index in [1.165, 1.54) is 0 Å². The molecule has 2 saturated heterocycles. The highest BCUT2D eigenvalue weighted by atomic mass is 16.7. The van der Waals surface area contributed by atoms with E-state index in [-0.39, 0.29) is 30.5 Å². The van der Waals surface area contributed by atoms with E-state index in [1.807, 2.05) is 57.1 Å². The van der Waals surface area contributed by atoms with Crippen molar-refractivity contribution in [3.05, 3.63) is 29.8 Å². The second kappa shape index (κ2) is 17.7. The molecule has 0 bridgehead atoms. The third kappa shape index (κ3) is 10.4. The van der Waals surface area contributed by atoms with Gasteiger partial charge < -0.3 is 38.6 Å². The maximum absolute atomic E-state index is 14.3. The van der Waals surface area contributed by atoms with Crippen molar-refractivity contribution in [3.8, 4) is 5.75 Å². The SMILES string of the molecule is COc1ccc(CN2CCCN(C)C[C@H](C)C[C@@](C)(OC)[C@H](O[C@@H]3O[C@H](C)C[C@H](N(C)C)[C@H]3O)[C@@H](C)C(=O)C(C)(C)C(=O)OCC2)cc1. The quantitative estimate of drug-likeness (QED) is 0.336. The number of ketones is 1. The van der Waals surface area contributed by atoms with Gasteiger partial charge in [0.05, 0.1) is 24.9 Å². The first-order valence-electron chi connectivity index (χ1n) is 17.5. The number of esters is 1. The zero-order valence-electron chi connectivity index (χ0n) is 31.4. The zero-order chi connectivity index (χ0) is 35.8. The highest BCUT2D eigenvalue weighted by Crippen LogP contribution is 2.38. The molecule has 1 aromatic rings. The largest absolute Gasteiger partial charge is 0.497 e. The van der Waals surface area contributed by atoms with Gasteiger partial charge in [-0.2, -0.15) is 0 Å². The molecule has 8 atom stereocenters. The van der Waals surface area contributed by atoms with Gasteiger partial charge in [-0.25, -0.2) is 0 Å². The van der Waals surface area contributed by atoms with Crippen LogP contribution < -0.4 is 4.74 Å². The topological polar surface area (TPSA) is 110 Å². The first-order valence-corrected chi connectivity index (χ1v) is 17.5. The van der Waals surface area contributed by atoms with Crippen LogP contribution >= 0.6 is 0 Å². The van der Waals surface area contributed by atoms with Crippen molar-refractivity contribution in [2.45, 2.75) is 104 Å². The molecule has 0 saturated carbocycles. The Morgan fingerprint density at radius 3 is 2.29 bits per heavy atom. The molecule has 0 aromatic heterocycles. The first-order chi connectivity index (χ1) is 22.5. The van der Waals surface area contributed by atoms with Gasteiger partial charge >= 0.3 is 5.97 Å². The zero-order valence-corrected chi connectivity index (χ0v) is 31.4. The van der Waals surface area contributed by atoms with Crippen LogP contribution in [0, 0.1) is 17.3 Å². The molecule has 11 heteroatoms. The van der Waals surface area contributed by atoms with Crippen LogP contribution in [0.1, 0.15) is 66.4 Å². The maximum Gasteiger partial charge on any atom is 0.319 e. The number of ether oxygens (including phenoxy) is 5. The Morgan fingerprint density at radius 1 is 1.02 bits per heavy atom. The third-order valence-corrected chi connectivity index (χ3v) is 10.2. The van der Waals surface area contributed by atoms with Gasteiger partial charge in [0.2, 0.25) is 0 Å². The molecule has 0 spiro atoms. The molecule has 48 heavy (non-hydrogen) atoms. The molecule has 1 N–H and O–H groups in total. The minimum Gasteiger partial charge on any atom is -0.497 e. The Bertz CT molecular complexity index is 1160. The lowest BCUT2D eigenvalue weighted by atomic mass is 9.74. The minimum atomic E-state index is -1.44. The standard InChI is InChI=1S/C37H63N3O8/c1-25-22-37(6,45-11)33(48-34-31(41)30(38(7)8)21-26(2)47-34)27(3)32(42)36(4,5)35(43)46-20-19-40(18-12-17-39(9)23-25)24-28-13-15-29(44-10)16-14-28/h13-16,25-27,30-31,33-34,41H,12,17-24H2,1-11H3/t25-,26-,27+,30+,31-,33-,34+,37-/m1/s1. The summed E-state index contributed by atoms with van der Waals surface area (Å²) in [6.45, 7) is 15.0. The van der Waals surface area contributed by atoms with E-state index in [2.05, 4.69) is 23.8 Å². The van der Waals surface area contributed by atoms with Crippen LogP contribution in [0.25, 0.3) is 0 Å². The van der Waals surface area contributed by atoms with Crippen molar-refractivity contribution in [2.24, 2.45) is 17.3 Å². The van der Waals surface area contributed by atoms with Crippen molar-refractivity contribution >= 4 is 11.8 Å². The number of carbonyl (C=O) groups excluding carboxylic acids is 2. The highest BCUT2D eigenvalue weighted by Gasteiger charge is 2.51. The smallest absolute Gasteiger partial charge is 0.319 e. The van der Waals surface area contributed by atoms with Crippen molar-refractivity contribution in [1.29, 1.82) is 0 Å². The molecule has 2 aliphatic heterocycles. The number of hydrogen-bond acceptors (Lipinski definition) is 11. The highest BCUT2D eigenvalue weighted by molar-refractivity contribution is 6.04. The van der Waals surface area contributed by atoms with Crippen LogP contribution in [0.2, 0.25) is 0 Å². The van der Waals surface area contributed by atoms with Crippen molar-refractivity contribution in [1.82, 2.24) is 14.7 Å². The summed E-state index contributed by atoms with van der Waals surface area (Å²) < 4.78 is 30.2. The Balaban J connectivity index is 1.91. The first kappa shape index (κ1) is 40.3. The summed E-state index contributed by atoms with van der Waals surface area (Å²) in [5, 5.41) is 11.4. The second-order valence-electron chi connectivity index (χ2n) is 15.1. The summed E-state index contributed by atoms with van der Waals surface area (Å²) >= 11 is 0. The van der Waals surface area contributed by atoms with Crippen LogP contribution in [0.5, 0.6) is 5.75 Å². The summed E-state index contributed by atoms with van der Waals surface area (Å²) in [4.78, 5) is 34.5. The lowest BCUT2D eigenvalue weighted by Crippen LogP contribution is -2.59. The third-order valence-electron chi connectivity index (χ3n) is 10.2.